The average molecular weight is 304 g/mol. The standard InChI is InChI=1S/C12H15F3N4O2/c1-8-6-9(12(13,14)15)17-11(16-8)19-4-2-18(3-5-19)7-10(20)21/h6H,2-5,7H2,1H3,(H,20,21). The lowest BCUT2D eigenvalue weighted by Gasteiger charge is -2.34. The normalized spacial score (nSPS) is 17.0. The van der Waals surface area contributed by atoms with Crippen LogP contribution in [0.15, 0.2) is 6.07 Å². The van der Waals surface area contributed by atoms with Crippen molar-refractivity contribution in [1.82, 2.24) is 14.9 Å². The molecule has 0 aromatic carbocycles. The van der Waals surface area contributed by atoms with Gasteiger partial charge in [0.25, 0.3) is 0 Å². The predicted molar refractivity (Wildman–Crippen MR) is 68.1 cm³/mol. The molecule has 0 saturated carbocycles. The third-order valence-electron chi connectivity index (χ3n) is 3.15. The molecule has 0 atom stereocenters. The Kier molecular flexibility index (Phi) is 4.31. The van der Waals surface area contributed by atoms with Gasteiger partial charge in [-0.25, -0.2) is 9.97 Å². The van der Waals surface area contributed by atoms with E-state index < -0.39 is 17.8 Å². The van der Waals surface area contributed by atoms with Gasteiger partial charge >= 0.3 is 12.1 Å². The number of carboxylic acids is 1. The zero-order valence-corrected chi connectivity index (χ0v) is 11.4. The van der Waals surface area contributed by atoms with Gasteiger partial charge in [-0.15, -0.1) is 0 Å². The third-order valence-corrected chi connectivity index (χ3v) is 3.15. The average Bonchev–Trinajstić information content (AvgIpc) is 2.37. The summed E-state index contributed by atoms with van der Waals surface area (Å²) in [6.07, 6.45) is -4.51. The Labute approximate surface area is 119 Å². The highest BCUT2D eigenvalue weighted by Crippen LogP contribution is 2.29. The Balaban J connectivity index is 2.10. The topological polar surface area (TPSA) is 69.6 Å². The fourth-order valence-corrected chi connectivity index (χ4v) is 2.14. The van der Waals surface area contributed by atoms with E-state index in [4.69, 9.17) is 5.11 Å². The minimum absolute atomic E-state index is 0.0392. The van der Waals surface area contributed by atoms with Crippen LogP contribution >= 0.6 is 0 Å². The van der Waals surface area contributed by atoms with Gasteiger partial charge in [0.1, 0.15) is 5.69 Å². The number of aromatic nitrogens is 2. The zero-order valence-electron chi connectivity index (χ0n) is 11.4. The van der Waals surface area contributed by atoms with Crippen LogP contribution in [0.4, 0.5) is 19.1 Å². The van der Waals surface area contributed by atoms with Crippen molar-refractivity contribution in [2.24, 2.45) is 0 Å². The first kappa shape index (κ1) is 15.5. The van der Waals surface area contributed by atoms with Crippen LogP contribution in [0.1, 0.15) is 11.4 Å². The highest BCUT2D eigenvalue weighted by Gasteiger charge is 2.34. The van der Waals surface area contributed by atoms with Gasteiger partial charge < -0.3 is 10.0 Å². The second kappa shape index (κ2) is 5.84. The van der Waals surface area contributed by atoms with Crippen molar-refractivity contribution in [1.29, 1.82) is 0 Å². The van der Waals surface area contributed by atoms with Crippen molar-refractivity contribution in [2.45, 2.75) is 13.1 Å². The van der Waals surface area contributed by atoms with E-state index in [1.165, 1.54) is 6.92 Å². The molecule has 1 aromatic heterocycles. The molecule has 1 N–H and O–H groups in total. The number of aliphatic carboxylic acids is 1. The molecule has 1 aliphatic heterocycles. The number of anilines is 1. The molecule has 21 heavy (non-hydrogen) atoms. The molecule has 0 unspecified atom stereocenters. The monoisotopic (exact) mass is 304 g/mol. The summed E-state index contributed by atoms with van der Waals surface area (Å²) < 4.78 is 38.2. The molecule has 1 fully saturated rings. The number of piperazine rings is 1. The molecule has 1 aliphatic rings. The summed E-state index contributed by atoms with van der Waals surface area (Å²) in [5.41, 5.74) is -0.710. The van der Waals surface area contributed by atoms with Gasteiger partial charge in [-0.1, -0.05) is 0 Å². The van der Waals surface area contributed by atoms with Crippen LogP contribution < -0.4 is 4.90 Å². The number of nitrogens with zero attached hydrogens (tertiary/aromatic N) is 4. The molecule has 0 bridgehead atoms. The first-order valence-corrected chi connectivity index (χ1v) is 6.37. The van der Waals surface area contributed by atoms with Crippen LogP contribution in [-0.2, 0) is 11.0 Å². The van der Waals surface area contributed by atoms with Crippen molar-refractivity contribution in [2.75, 3.05) is 37.6 Å². The fourth-order valence-electron chi connectivity index (χ4n) is 2.14. The number of hydrogen-bond acceptors (Lipinski definition) is 5. The first-order valence-electron chi connectivity index (χ1n) is 6.37. The molecule has 0 radical (unpaired) electrons. The second-order valence-corrected chi connectivity index (χ2v) is 4.85. The number of carbonyl (C=O) groups is 1. The van der Waals surface area contributed by atoms with E-state index in [0.717, 1.165) is 6.07 Å². The molecular weight excluding hydrogens is 289 g/mol. The number of aryl methyl sites for hydroxylation is 1. The van der Waals surface area contributed by atoms with Crippen molar-refractivity contribution in [3.63, 3.8) is 0 Å². The van der Waals surface area contributed by atoms with E-state index in [1.807, 2.05) is 0 Å². The number of alkyl halides is 3. The number of rotatable bonds is 3. The first-order chi connectivity index (χ1) is 9.75. The highest BCUT2D eigenvalue weighted by atomic mass is 19.4. The van der Waals surface area contributed by atoms with Crippen LogP contribution in [0.3, 0.4) is 0 Å². The van der Waals surface area contributed by atoms with Crippen LogP contribution in [0.2, 0.25) is 0 Å². The van der Waals surface area contributed by atoms with Gasteiger partial charge in [0.05, 0.1) is 6.54 Å². The quantitative estimate of drug-likeness (QED) is 0.899. The fraction of sp³-hybridized carbons (Fsp3) is 0.583. The van der Waals surface area contributed by atoms with Gasteiger partial charge in [-0.2, -0.15) is 13.2 Å². The maximum atomic E-state index is 12.7. The van der Waals surface area contributed by atoms with Crippen molar-refractivity contribution < 1.29 is 23.1 Å². The summed E-state index contributed by atoms with van der Waals surface area (Å²) in [5, 5.41) is 8.71. The van der Waals surface area contributed by atoms with Crippen LogP contribution in [0.5, 0.6) is 0 Å². The summed E-state index contributed by atoms with van der Waals surface area (Å²) in [5.74, 6) is -0.882. The van der Waals surface area contributed by atoms with E-state index >= 15 is 0 Å². The summed E-state index contributed by atoms with van der Waals surface area (Å²) in [4.78, 5) is 21.6. The molecule has 9 heteroatoms. The molecule has 0 amide bonds. The van der Waals surface area contributed by atoms with Gasteiger partial charge in [0.15, 0.2) is 0 Å². The Hall–Kier alpha value is -1.90. The minimum Gasteiger partial charge on any atom is -0.480 e. The highest BCUT2D eigenvalue weighted by molar-refractivity contribution is 5.69. The summed E-state index contributed by atoms with van der Waals surface area (Å²) >= 11 is 0. The lowest BCUT2D eigenvalue weighted by Crippen LogP contribution is -2.48. The molecule has 1 aromatic rings. The Bertz CT molecular complexity index is 528. The number of halogens is 3. The van der Waals surface area contributed by atoms with Crippen molar-refractivity contribution in [3.05, 3.63) is 17.5 Å². The Morgan fingerprint density at radius 3 is 2.43 bits per heavy atom. The second-order valence-electron chi connectivity index (χ2n) is 4.85. The van der Waals surface area contributed by atoms with Crippen LogP contribution in [-0.4, -0.2) is 58.7 Å². The predicted octanol–water partition coefficient (Wildman–Crippen LogP) is 1.01. The van der Waals surface area contributed by atoms with E-state index in [1.54, 1.807) is 9.80 Å². The minimum atomic E-state index is -4.51. The number of carboxylic acid groups (broad SMARTS) is 1. The van der Waals surface area contributed by atoms with Crippen LogP contribution in [0.25, 0.3) is 0 Å². The van der Waals surface area contributed by atoms with Crippen molar-refractivity contribution >= 4 is 11.9 Å². The van der Waals surface area contributed by atoms with Crippen molar-refractivity contribution in [3.8, 4) is 0 Å². The largest absolute Gasteiger partial charge is 0.480 e. The van der Waals surface area contributed by atoms with Crippen LogP contribution in [0, 0.1) is 6.92 Å². The molecule has 0 aliphatic carbocycles. The number of hydrogen-bond donors (Lipinski definition) is 1. The van der Waals surface area contributed by atoms with Gasteiger partial charge in [0.2, 0.25) is 5.95 Å². The van der Waals surface area contributed by atoms with E-state index in [9.17, 15) is 18.0 Å². The van der Waals surface area contributed by atoms with Gasteiger partial charge in [-0.3, -0.25) is 9.69 Å². The molecule has 2 heterocycles. The van der Waals surface area contributed by atoms with E-state index in [-0.39, 0.29) is 18.2 Å². The van der Waals surface area contributed by atoms with Gasteiger partial charge in [0, 0.05) is 31.9 Å². The van der Waals surface area contributed by atoms with E-state index in [0.29, 0.717) is 26.2 Å². The SMILES string of the molecule is Cc1cc(C(F)(F)F)nc(N2CCN(CC(=O)O)CC2)n1. The lowest BCUT2D eigenvalue weighted by molar-refractivity contribution is -0.141. The third kappa shape index (κ3) is 4.03. The Morgan fingerprint density at radius 1 is 1.29 bits per heavy atom. The molecule has 116 valence electrons. The zero-order chi connectivity index (χ0) is 15.6. The van der Waals surface area contributed by atoms with Gasteiger partial charge in [-0.05, 0) is 13.0 Å². The summed E-state index contributed by atoms with van der Waals surface area (Å²) in [6.45, 7) is 3.11. The smallest absolute Gasteiger partial charge is 0.433 e. The molecule has 1 saturated heterocycles. The molecule has 0 spiro atoms. The lowest BCUT2D eigenvalue weighted by atomic mass is 10.3. The molecule has 2 rings (SSSR count). The van der Waals surface area contributed by atoms with E-state index in [2.05, 4.69) is 9.97 Å². The maximum Gasteiger partial charge on any atom is 0.433 e. The summed E-state index contributed by atoms with van der Waals surface area (Å²) in [7, 11) is 0. The summed E-state index contributed by atoms with van der Waals surface area (Å²) in [6, 6.07) is 0.907. The molecular formula is C12H15F3N4O2. The maximum absolute atomic E-state index is 12.7. The Morgan fingerprint density at radius 2 is 1.90 bits per heavy atom. The molecule has 6 nitrogen and oxygen atoms in total.